The average molecular weight is 582 g/mol. The van der Waals surface area contributed by atoms with Crippen LogP contribution in [0.15, 0.2) is 38.3 Å². The van der Waals surface area contributed by atoms with Crippen molar-refractivity contribution in [1.29, 1.82) is 0 Å². The minimum atomic E-state index is -0.205. The molecule has 0 aliphatic rings. The van der Waals surface area contributed by atoms with E-state index in [-0.39, 0.29) is 23.2 Å². The van der Waals surface area contributed by atoms with Crippen molar-refractivity contribution in [3.63, 3.8) is 0 Å². The second-order valence-electron chi connectivity index (χ2n) is 10.1. The van der Waals surface area contributed by atoms with Crippen LogP contribution in [0.25, 0.3) is 0 Å². The van der Waals surface area contributed by atoms with E-state index >= 15 is 0 Å². The lowest BCUT2D eigenvalue weighted by Gasteiger charge is -2.28. The van der Waals surface area contributed by atoms with Crippen LogP contribution in [-0.4, -0.2) is 23.8 Å². The molecule has 0 heterocycles. The number of phenols is 1. The van der Waals surface area contributed by atoms with Crippen LogP contribution in [0, 0.1) is 0 Å². The molecule has 0 spiro atoms. The number of aryl methyl sites for hydroxylation is 1. The summed E-state index contributed by atoms with van der Waals surface area (Å²) >= 11 is 6.95. The Hall–Kier alpha value is -1.86. The standard InChI is InChI=1S/C26H34Br2N2O3/c1-8-33-24-17(13-18(27)14-21(24)28)15-29-30-22(31)10-9-16-11-19(25(2,3)4)23(32)20(12-16)26(5,6)7/h11-15,32H,8-10H2,1-7H3,(H,30,31)/b29-15-. The zero-order valence-corrected chi connectivity index (χ0v) is 23.6. The van der Waals surface area contributed by atoms with E-state index < -0.39 is 0 Å². The van der Waals surface area contributed by atoms with Crippen LogP contribution in [0.4, 0.5) is 0 Å². The maximum Gasteiger partial charge on any atom is 0.240 e. The normalized spacial score (nSPS) is 12.3. The lowest BCUT2D eigenvalue weighted by Crippen LogP contribution is -2.20. The summed E-state index contributed by atoms with van der Waals surface area (Å²) in [5.74, 6) is 0.839. The number of amides is 1. The number of hydrazone groups is 1. The Labute approximate surface area is 214 Å². The third kappa shape index (κ3) is 7.57. The molecule has 0 bridgehead atoms. The number of nitrogens with one attached hydrogen (secondary N) is 1. The minimum absolute atomic E-state index is 0.180. The molecule has 2 aromatic rings. The highest BCUT2D eigenvalue weighted by Crippen LogP contribution is 2.40. The van der Waals surface area contributed by atoms with E-state index in [4.69, 9.17) is 4.74 Å². The third-order valence-corrected chi connectivity index (χ3v) is 6.19. The molecule has 180 valence electrons. The highest BCUT2D eigenvalue weighted by atomic mass is 79.9. The molecule has 0 aromatic heterocycles. The van der Waals surface area contributed by atoms with Crippen molar-refractivity contribution in [2.24, 2.45) is 5.10 Å². The fraction of sp³-hybridized carbons (Fsp3) is 0.462. The van der Waals surface area contributed by atoms with Gasteiger partial charge in [0.15, 0.2) is 0 Å². The number of rotatable bonds is 7. The van der Waals surface area contributed by atoms with Gasteiger partial charge in [-0.3, -0.25) is 4.79 Å². The first kappa shape index (κ1) is 27.4. The zero-order valence-electron chi connectivity index (χ0n) is 20.5. The van der Waals surface area contributed by atoms with Crippen molar-refractivity contribution in [3.05, 3.63) is 55.5 Å². The van der Waals surface area contributed by atoms with Gasteiger partial charge in [0.05, 0.1) is 17.3 Å². The van der Waals surface area contributed by atoms with Gasteiger partial charge >= 0.3 is 0 Å². The Balaban J connectivity index is 2.14. The van der Waals surface area contributed by atoms with Crippen LogP contribution >= 0.6 is 31.9 Å². The molecule has 0 aliphatic carbocycles. The SMILES string of the molecule is CCOc1c(Br)cc(Br)cc1/C=N\NC(=O)CCc1cc(C(C)(C)C)c(O)c(C(C)(C)C)c1. The van der Waals surface area contributed by atoms with Gasteiger partial charge in [-0.05, 0) is 68.9 Å². The van der Waals surface area contributed by atoms with Gasteiger partial charge in [-0.25, -0.2) is 5.43 Å². The Morgan fingerprint density at radius 2 is 1.64 bits per heavy atom. The maximum absolute atomic E-state index is 12.5. The summed E-state index contributed by atoms with van der Waals surface area (Å²) in [7, 11) is 0. The largest absolute Gasteiger partial charge is 0.507 e. The number of hydrogen-bond acceptors (Lipinski definition) is 4. The Kier molecular flexibility index (Phi) is 9.16. The fourth-order valence-electron chi connectivity index (χ4n) is 3.44. The van der Waals surface area contributed by atoms with E-state index in [1.165, 1.54) is 0 Å². The highest BCUT2D eigenvalue weighted by Gasteiger charge is 2.26. The van der Waals surface area contributed by atoms with Gasteiger partial charge in [0.2, 0.25) is 5.91 Å². The number of hydrogen-bond donors (Lipinski definition) is 2. The second-order valence-corrected chi connectivity index (χ2v) is 11.8. The summed E-state index contributed by atoms with van der Waals surface area (Å²) < 4.78 is 7.37. The van der Waals surface area contributed by atoms with E-state index in [2.05, 4.69) is 83.9 Å². The molecular formula is C26H34Br2N2O3. The molecule has 2 rings (SSSR count). The van der Waals surface area contributed by atoms with Gasteiger partial charge in [0.1, 0.15) is 11.5 Å². The predicted molar refractivity (Wildman–Crippen MR) is 143 cm³/mol. The van der Waals surface area contributed by atoms with Gasteiger partial charge in [-0.15, -0.1) is 0 Å². The number of halogens is 2. The van der Waals surface area contributed by atoms with Crippen LogP contribution in [0.2, 0.25) is 0 Å². The van der Waals surface area contributed by atoms with Gasteiger partial charge in [-0.2, -0.15) is 5.10 Å². The van der Waals surface area contributed by atoms with Gasteiger partial charge in [0, 0.05) is 16.5 Å². The number of carbonyl (C=O) groups excluding carboxylic acids is 1. The van der Waals surface area contributed by atoms with Crippen LogP contribution in [-0.2, 0) is 22.0 Å². The fourth-order valence-corrected chi connectivity index (χ4v) is 4.82. The number of aromatic hydroxyl groups is 1. The third-order valence-electron chi connectivity index (χ3n) is 5.15. The molecule has 0 saturated heterocycles. The molecule has 5 nitrogen and oxygen atoms in total. The van der Waals surface area contributed by atoms with E-state index in [1.54, 1.807) is 6.21 Å². The molecule has 0 atom stereocenters. The summed E-state index contributed by atoms with van der Waals surface area (Å²) in [6.45, 7) is 14.9. The molecule has 7 heteroatoms. The van der Waals surface area contributed by atoms with E-state index in [1.807, 2.05) is 31.2 Å². The molecule has 33 heavy (non-hydrogen) atoms. The van der Waals surface area contributed by atoms with E-state index in [0.29, 0.717) is 24.5 Å². The van der Waals surface area contributed by atoms with Crippen molar-refractivity contribution < 1.29 is 14.6 Å². The van der Waals surface area contributed by atoms with E-state index in [0.717, 1.165) is 31.2 Å². The molecule has 0 unspecified atom stereocenters. The average Bonchev–Trinajstić information content (AvgIpc) is 2.67. The Morgan fingerprint density at radius 3 is 2.15 bits per heavy atom. The monoisotopic (exact) mass is 580 g/mol. The van der Waals surface area contributed by atoms with Crippen LogP contribution in [0.5, 0.6) is 11.5 Å². The van der Waals surface area contributed by atoms with Crippen LogP contribution < -0.4 is 10.2 Å². The quantitative estimate of drug-likeness (QED) is 0.273. The summed E-state index contributed by atoms with van der Waals surface area (Å²) in [6.07, 6.45) is 2.42. The molecule has 0 aliphatic heterocycles. The minimum Gasteiger partial charge on any atom is -0.507 e. The van der Waals surface area contributed by atoms with Gasteiger partial charge in [-0.1, -0.05) is 69.6 Å². The number of phenolic OH excluding ortho intramolecular Hbond substituents is 1. The lowest BCUT2D eigenvalue weighted by molar-refractivity contribution is -0.121. The Morgan fingerprint density at radius 1 is 1.06 bits per heavy atom. The molecular weight excluding hydrogens is 548 g/mol. The summed E-state index contributed by atoms with van der Waals surface area (Å²) in [4.78, 5) is 12.5. The number of ether oxygens (including phenoxy) is 1. The van der Waals surface area contributed by atoms with Crippen molar-refractivity contribution in [2.45, 2.75) is 72.1 Å². The van der Waals surface area contributed by atoms with Gasteiger partial charge in [0.25, 0.3) is 0 Å². The first-order valence-electron chi connectivity index (χ1n) is 11.0. The molecule has 0 saturated carbocycles. The van der Waals surface area contributed by atoms with Crippen molar-refractivity contribution in [2.75, 3.05) is 6.61 Å². The summed E-state index contributed by atoms with van der Waals surface area (Å²) in [6, 6.07) is 7.79. The first-order chi connectivity index (χ1) is 15.2. The smallest absolute Gasteiger partial charge is 0.240 e. The number of benzene rings is 2. The molecule has 0 radical (unpaired) electrons. The molecule has 2 aromatic carbocycles. The topological polar surface area (TPSA) is 70.9 Å². The van der Waals surface area contributed by atoms with Gasteiger partial charge < -0.3 is 9.84 Å². The van der Waals surface area contributed by atoms with Crippen LogP contribution in [0.1, 0.15) is 77.1 Å². The highest BCUT2D eigenvalue weighted by molar-refractivity contribution is 9.11. The second kappa shape index (κ2) is 11.0. The first-order valence-corrected chi connectivity index (χ1v) is 12.6. The van der Waals surface area contributed by atoms with Crippen molar-refractivity contribution in [3.8, 4) is 11.5 Å². The summed E-state index contributed by atoms with van der Waals surface area (Å²) in [5, 5.41) is 15.0. The molecule has 1 amide bonds. The van der Waals surface area contributed by atoms with Crippen molar-refractivity contribution >= 4 is 44.0 Å². The number of nitrogens with zero attached hydrogens (tertiary/aromatic N) is 1. The maximum atomic E-state index is 12.5. The molecule has 2 N–H and O–H groups in total. The zero-order chi connectivity index (χ0) is 25.0. The number of carbonyl (C=O) groups is 1. The lowest BCUT2D eigenvalue weighted by atomic mass is 9.78. The predicted octanol–water partition coefficient (Wildman–Crippen LogP) is 6.99. The van der Waals surface area contributed by atoms with Crippen LogP contribution in [0.3, 0.4) is 0 Å². The van der Waals surface area contributed by atoms with Crippen molar-refractivity contribution in [1.82, 2.24) is 5.43 Å². The summed E-state index contributed by atoms with van der Waals surface area (Å²) in [5.41, 5.74) is 5.76. The Bertz CT molecular complexity index is 1000. The van der Waals surface area contributed by atoms with E-state index in [9.17, 15) is 9.90 Å². The molecule has 0 fully saturated rings.